The minimum atomic E-state index is -0.661. The lowest BCUT2D eigenvalue weighted by Crippen LogP contribution is -2.65. The minimum absolute atomic E-state index is 0.0348. The van der Waals surface area contributed by atoms with Crippen molar-refractivity contribution in [3.63, 3.8) is 0 Å². The van der Waals surface area contributed by atoms with E-state index in [2.05, 4.69) is 5.32 Å². The lowest BCUT2D eigenvalue weighted by Gasteiger charge is -2.41. The zero-order valence-electron chi connectivity index (χ0n) is 17.8. The van der Waals surface area contributed by atoms with Crippen LogP contribution in [0.3, 0.4) is 0 Å². The highest BCUT2D eigenvalue weighted by Gasteiger charge is 2.55. The maximum atomic E-state index is 14.7. The average Bonchev–Trinajstić information content (AvgIpc) is 3.01. The Hall–Kier alpha value is -2.19. The Labute approximate surface area is 181 Å². The van der Waals surface area contributed by atoms with Gasteiger partial charge < -0.3 is 24.4 Å². The fraction of sp³-hybridized carbons (Fsp3) is 0.652. The third-order valence-electron chi connectivity index (χ3n) is 7.31. The van der Waals surface area contributed by atoms with Gasteiger partial charge in [0, 0.05) is 11.6 Å². The molecule has 1 saturated carbocycles. The fourth-order valence-electron chi connectivity index (χ4n) is 5.96. The number of nitrogens with zero attached hydrogens (tertiary/aromatic N) is 1. The summed E-state index contributed by atoms with van der Waals surface area (Å²) in [6.07, 6.45) is 3.92. The first-order valence-electron chi connectivity index (χ1n) is 11.2. The summed E-state index contributed by atoms with van der Waals surface area (Å²) in [4.78, 5) is 27.2. The molecule has 2 saturated heterocycles. The molecule has 4 heterocycles. The molecule has 5 aliphatic rings. The number of carbonyl (C=O) groups is 2. The van der Waals surface area contributed by atoms with E-state index in [1.807, 2.05) is 6.92 Å². The number of ether oxygens (including phenoxy) is 3. The second-order valence-electron chi connectivity index (χ2n) is 9.31. The molecule has 1 N–H and O–H groups in total. The van der Waals surface area contributed by atoms with Crippen LogP contribution < -0.4 is 10.1 Å². The molecule has 1 aromatic carbocycles. The van der Waals surface area contributed by atoms with Crippen LogP contribution in [-0.4, -0.2) is 66.9 Å². The molecule has 0 aromatic heterocycles. The monoisotopic (exact) mass is 432 g/mol. The highest BCUT2D eigenvalue weighted by molar-refractivity contribution is 5.81. The Morgan fingerprint density at radius 1 is 1.16 bits per heavy atom. The lowest BCUT2D eigenvalue weighted by molar-refractivity contribution is -0.145. The first kappa shape index (κ1) is 20.7. The van der Waals surface area contributed by atoms with Gasteiger partial charge in [-0.15, -0.1) is 0 Å². The van der Waals surface area contributed by atoms with Crippen molar-refractivity contribution in [2.24, 2.45) is 0 Å². The van der Waals surface area contributed by atoms with E-state index in [0.29, 0.717) is 30.9 Å². The van der Waals surface area contributed by atoms with Gasteiger partial charge in [0.15, 0.2) is 6.61 Å². The molecule has 2 amide bonds. The SMILES string of the molecule is CC1C[C@]2(COCC(=O)N2)[C@H]2COC3CCC(CC3)c3c(F)cccc3OCC(=O)N12. The molecule has 3 fully saturated rings. The van der Waals surface area contributed by atoms with Crippen molar-refractivity contribution in [2.45, 2.75) is 68.7 Å². The summed E-state index contributed by atoms with van der Waals surface area (Å²) in [6, 6.07) is 4.37. The van der Waals surface area contributed by atoms with Gasteiger partial charge in [-0.05, 0) is 57.1 Å². The number of carbonyl (C=O) groups excluding carboxylic acids is 2. The number of rotatable bonds is 0. The van der Waals surface area contributed by atoms with Gasteiger partial charge in [-0.25, -0.2) is 4.39 Å². The standard InChI is InChI=1S/C23H29FN2O5/c1-14-9-23(13-29-11-20(27)25-23)19-10-30-16-7-5-15(6-8-16)22-17(24)3-2-4-18(22)31-12-21(28)26(14)19/h2-4,14-16,19H,5-13H2,1H3,(H,25,27)/t14?,15?,16?,19-,23+/m1/s1. The van der Waals surface area contributed by atoms with E-state index in [9.17, 15) is 14.0 Å². The van der Waals surface area contributed by atoms with Gasteiger partial charge in [0.1, 0.15) is 18.2 Å². The molecule has 7 nitrogen and oxygen atoms in total. The van der Waals surface area contributed by atoms with Crippen LogP contribution in [0.2, 0.25) is 0 Å². The van der Waals surface area contributed by atoms with Crippen molar-refractivity contribution < 1.29 is 28.2 Å². The quantitative estimate of drug-likeness (QED) is 0.680. The number of hydrogen-bond acceptors (Lipinski definition) is 5. The van der Waals surface area contributed by atoms with Gasteiger partial charge >= 0.3 is 0 Å². The molecular formula is C23H29FN2O5. The van der Waals surface area contributed by atoms with E-state index in [1.165, 1.54) is 6.07 Å². The lowest BCUT2D eigenvalue weighted by atomic mass is 9.82. The molecule has 2 bridgehead atoms. The summed E-state index contributed by atoms with van der Waals surface area (Å²) in [5.41, 5.74) is -0.0883. The molecule has 1 aromatic rings. The van der Waals surface area contributed by atoms with Crippen LogP contribution in [0.4, 0.5) is 4.39 Å². The van der Waals surface area contributed by atoms with Crippen molar-refractivity contribution in [2.75, 3.05) is 26.4 Å². The average molecular weight is 432 g/mol. The highest BCUT2D eigenvalue weighted by atomic mass is 19.1. The van der Waals surface area contributed by atoms with E-state index >= 15 is 0 Å². The third-order valence-corrected chi connectivity index (χ3v) is 7.31. The number of fused-ring (bicyclic) bond motifs is 5. The summed E-state index contributed by atoms with van der Waals surface area (Å²) in [5.74, 6) is -0.138. The van der Waals surface area contributed by atoms with Crippen LogP contribution in [0, 0.1) is 5.82 Å². The normalized spacial score (nSPS) is 36.0. The van der Waals surface area contributed by atoms with Crippen molar-refractivity contribution in [3.8, 4) is 5.75 Å². The van der Waals surface area contributed by atoms with Gasteiger partial charge in [-0.3, -0.25) is 9.59 Å². The number of amides is 2. The highest BCUT2D eigenvalue weighted by Crippen LogP contribution is 2.41. The van der Waals surface area contributed by atoms with E-state index in [1.54, 1.807) is 17.0 Å². The number of nitrogens with one attached hydrogen (secondary N) is 1. The first-order valence-corrected chi connectivity index (χ1v) is 11.2. The van der Waals surface area contributed by atoms with E-state index in [-0.39, 0.29) is 55.0 Å². The Bertz CT molecular complexity index is 872. The van der Waals surface area contributed by atoms with Gasteiger partial charge in [-0.2, -0.15) is 0 Å². The van der Waals surface area contributed by atoms with Gasteiger partial charge in [0.2, 0.25) is 5.91 Å². The van der Waals surface area contributed by atoms with Crippen molar-refractivity contribution >= 4 is 11.8 Å². The summed E-state index contributed by atoms with van der Waals surface area (Å²) in [6.45, 7) is 2.50. The number of morpholine rings is 1. The number of halogens is 1. The summed E-state index contributed by atoms with van der Waals surface area (Å²) >= 11 is 0. The van der Waals surface area contributed by atoms with Crippen LogP contribution >= 0.6 is 0 Å². The predicted octanol–water partition coefficient (Wildman–Crippen LogP) is 2.14. The zero-order valence-corrected chi connectivity index (χ0v) is 17.8. The molecule has 3 atom stereocenters. The summed E-state index contributed by atoms with van der Waals surface area (Å²) in [5, 5.41) is 3.10. The molecule has 31 heavy (non-hydrogen) atoms. The second kappa shape index (κ2) is 8.06. The Balaban J connectivity index is 1.48. The summed E-state index contributed by atoms with van der Waals surface area (Å²) in [7, 11) is 0. The fourth-order valence-corrected chi connectivity index (χ4v) is 5.96. The van der Waals surface area contributed by atoms with Crippen LogP contribution in [0.1, 0.15) is 50.5 Å². The van der Waals surface area contributed by atoms with E-state index in [0.717, 1.165) is 25.7 Å². The molecule has 1 unspecified atom stereocenters. The smallest absolute Gasteiger partial charge is 0.261 e. The molecule has 168 valence electrons. The van der Waals surface area contributed by atoms with E-state index in [4.69, 9.17) is 14.2 Å². The molecule has 8 heteroatoms. The summed E-state index contributed by atoms with van der Waals surface area (Å²) < 4.78 is 32.5. The minimum Gasteiger partial charge on any atom is -0.483 e. The molecular weight excluding hydrogens is 403 g/mol. The van der Waals surface area contributed by atoms with Crippen molar-refractivity contribution in [1.82, 2.24) is 10.2 Å². The van der Waals surface area contributed by atoms with Crippen LogP contribution in [0.25, 0.3) is 0 Å². The predicted molar refractivity (Wildman–Crippen MR) is 109 cm³/mol. The van der Waals surface area contributed by atoms with Crippen LogP contribution in [-0.2, 0) is 19.1 Å². The van der Waals surface area contributed by atoms with Gasteiger partial charge in [0.05, 0.1) is 30.9 Å². The molecule has 1 aliphatic carbocycles. The van der Waals surface area contributed by atoms with Gasteiger partial charge in [0.25, 0.3) is 5.91 Å². The first-order chi connectivity index (χ1) is 15.0. The second-order valence-corrected chi connectivity index (χ2v) is 9.31. The Morgan fingerprint density at radius 3 is 2.74 bits per heavy atom. The van der Waals surface area contributed by atoms with Crippen LogP contribution in [0.15, 0.2) is 18.2 Å². The maximum Gasteiger partial charge on any atom is 0.261 e. The largest absolute Gasteiger partial charge is 0.483 e. The van der Waals surface area contributed by atoms with Crippen molar-refractivity contribution in [1.29, 1.82) is 0 Å². The van der Waals surface area contributed by atoms with Gasteiger partial charge in [-0.1, -0.05) is 6.07 Å². The third kappa shape index (κ3) is 3.69. The molecule has 6 rings (SSSR count). The molecule has 4 aliphatic heterocycles. The molecule has 0 radical (unpaired) electrons. The Morgan fingerprint density at radius 2 is 1.97 bits per heavy atom. The number of benzene rings is 1. The Kier molecular flexibility index (Phi) is 5.38. The van der Waals surface area contributed by atoms with E-state index < -0.39 is 5.54 Å². The van der Waals surface area contributed by atoms with Crippen LogP contribution in [0.5, 0.6) is 5.75 Å². The maximum absolute atomic E-state index is 14.7. The molecule has 1 spiro atoms. The van der Waals surface area contributed by atoms with Crippen molar-refractivity contribution in [3.05, 3.63) is 29.6 Å². The zero-order chi connectivity index (χ0) is 21.6. The number of hydrogen-bond donors (Lipinski definition) is 1. The topological polar surface area (TPSA) is 77.1 Å².